The van der Waals surface area contributed by atoms with Gasteiger partial charge >= 0.3 is 0 Å². The standard InChI is InChI=1S/C15H23NO3S/c1-2-12-6-8-13(9-7-12)11-16-20(18,19)15-5-3-4-14(17)10-15/h3-5,10,12-13,16-17H,2,6-9,11H2,1H3. The number of nitrogens with one attached hydrogen (secondary N) is 1. The molecule has 0 saturated heterocycles. The molecule has 0 bridgehead atoms. The highest BCUT2D eigenvalue weighted by Gasteiger charge is 2.22. The second-order valence-electron chi connectivity index (χ2n) is 5.64. The van der Waals surface area contributed by atoms with Crippen LogP contribution in [0.1, 0.15) is 39.0 Å². The van der Waals surface area contributed by atoms with Crippen molar-refractivity contribution < 1.29 is 13.5 Å². The number of rotatable bonds is 5. The second kappa shape index (κ2) is 6.59. The van der Waals surface area contributed by atoms with Gasteiger partial charge in [0.1, 0.15) is 5.75 Å². The van der Waals surface area contributed by atoms with Crippen molar-refractivity contribution in [3.8, 4) is 5.75 Å². The maximum atomic E-state index is 12.1. The van der Waals surface area contributed by atoms with Crippen LogP contribution in [0.2, 0.25) is 0 Å². The lowest BCUT2D eigenvalue weighted by molar-refractivity contribution is 0.270. The topological polar surface area (TPSA) is 66.4 Å². The van der Waals surface area contributed by atoms with Gasteiger partial charge in [0.25, 0.3) is 0 Å². The van der Waals surface area contributed by atoms with Crippen molar-refractivity contribution in [1.82, 2.24) is 4.72 Å². The van der Waals surface area contributed by atoms with Gasteiger partial charge in [0.2, 0.25) is 10.0 Å². The van der Waals surface area contributed by atoms with Crippen molar-refractivity contribution in [3.63, 3.8) is 0 Å². The van der Waals surface area contributed by atoms with E-state index in [1.807, 2.05) is 0 Å². The smallest absolute Gasteiger partial charge is 0.240 e. The SMILES string of the molecule is CCC1CCC(CNS(=O)(=O)c2cccc(O)c2)CC1. The molecular formula is C15H23NO3S. The molecular weight excluding hydrogens is 274 g/mol. The Morgan fingerprint density at radius 1 is 1.20 bits per heavy atom. The summed E-state index contributed by atoms with van der Waals surface area (Å²) < 4.78 is 26.9. The fourth-order valence-corrected chi connectivity index (χ4v) is 3.96. The average molecular weight is 297 g/mol. The quantitative estimate of drug-likeness (QED) is 0.878. The summed E-state index contributed by atoms with van der Waals surface area (Å²) in [6, 6.07) is 5.77. The summed E-state index contributed by atoms with van der Waals surface area (Å²) in [6.45, 7) is 2.71. The van der Waals surface area contributed by atoms with E-state index in [2.05, 4.69) is 11.6 Å². The molecule has 5 heteroatoms. The molecule has 1 aromatic carbocycles. The molecule has 0 amide bonds. The third kappa shape index (κ3) is 3.96. The molecule has 1 saturated carbocycles. The van der Waals surface area contributed by atoms with Crippen molar-refractivity contribution in [1.29, 1.82) is 0 Å². The fourth-order valence-electron chi connectivity index (χ4n) is 2.81. The number of aromatic hydroxyl groups is 1. The zero-order valence-electron chi connectivity index (χ0n) is 11.9. The molecule has 0 atom stereocenters. The second-order valence-corrected chi connectivity index (χ2v) is 7.41. The molecule has 0 heterocycles. The molecule has 0 radical (unpaired) electrons. The molecule has 2 rings (SSSR count). The van der Waals surface area contributed by atoms with E-state index in [4.69, 9.17) is 0 Å². The van der Waals surface area contributed by atoms with Gasteiger partial charge in [0.15, 0.2) is 0 Å². The van der Waals surface area contributed by atoms with Crippen LogP contribution in [-0.4, -0.2) is 20.1 Å². The molecule has 112 valence electrons. The number of hydrogen-bond acceptors (Lipinski definition) is 3. The molecule has 0 spiro atoms. The van der Waals surface area contributed by atoms with Crippen LogP contribution in [0.4, 0.5) is 0 Å². The minimum absolute atomic E-state index is 0.0312. The van der Waals surface area contributed by atoms with E-state index in [0.717, 1.165) is 18.8 Å². The summed E-state index contributed by atoms with van der Waals surface area (Å²) in [6.07, 6.45) is 5.83. The van der Waals surface area contributed by atoms with Gasteiger partial charge in [-0.15, -0.1) is 0 Å². The lowest BCUT2D eigenvalue weighted by Crippen LogP contribution is -2.31. The lowest BCUT2D eigenvalue weighted by atomic mass is 9.81. The molecule has 1 aromatic rings. The minimum Gasteiger partial charge on any atom is -0.508 e. The zero-order chi connectivity index (χ0) is 14.6. The summed E-state index contributed by atoms with van der Waals surface area (Å²) >= 11 is 0. The molecule has 0 aliphatic heterocycles. The summed E-state index contributed by atoms with van der Waals surface area (Å²) in [5, 5.41) is 9.36. The number of sulfonamides is 1. The van der Waals surface area contributed by atoms with Gasteiger partial charge in [0.05, 0.1) is 4.90 Å². The number of phenolic OH excluding ortho intramolecular Hbond substituents is 1. The predicted molar refractivity (Wildman–Crippen MR) is 79.0 cm³/mol. The maximum absolute atomic E-state index is 12.1. The molecule has 1 aliphatic carbocycles. The fraction of sp³-hybridized carbons (Fsp3) is 0.600. The molecule has 2 N–H and O–H groups in total. The van der Waals surface area contributed by atoms with Crippen LogP contribution in [0, 0.1) is 11.8 Å². The summed E-state index contributed by atoms with van der Waals surface area (Å²) in [4.78, 5) is 0.125. The zero-order valence-corrected chi connectivity index (χ0v) is 12.7. The van der Waals surface area contributed by atoms with E-state index in [9.17, 15) is 13.5 Å². The Morgan fingerprint density at radius 2 is 1.85 bits per heavy atom. The van der Waals surface area contributed by atoms with Crippen molar-refractivity contribution in [3.05, 3.63) is 24.3 Å². The van der Waals surface area contributed by atoms with Crippen molar-refractivity contribution >= 4 is 10.0 Å². The van der Waals surface area contributed by atoms with Gasteiger partial charge in [-0.3, -0.25) is 0 Å². The third-order valence-electron chi connectivity index (χ3n) is 4.23. The van der Waals surface area contributed by atoms with E-state index in [1.165, 1.54) is 43.5 Å². The molecule has 0 aromatic heterocycles. The maximum Gasteiger partial charge on any atom is 0.240 e. The Bertz CT molecular complexity index is 534. The molecule has 4 nitrogen and oxygen atoms in total. The van der Waals surface area contributed by atoms with Gasteiger partial charge in [0, 0.05) is 6.54 Å². The lowest BCUT2D eigenvalue weighted by Gasteiger charge is -2.27. The van der Waals surface area contributed by atoms with Crippen LogP contribution in [0.15, 0.2) is 29.2 Å². The van der Waals surface area contributed by atoms with Crippen LogP contribution < -0.4 is 4.72 Å². The number of benzene rings is 1. The first kappa shape index (κ1) is 15.3. The Balaban J connectivity index is 1.90. The molecule has 20 heavy (non-hydrogen) atoms. The number of hydrogen-bond donors (Lipinski definition) is 2. The predicted octanol–water partition coefficient (Wildman–Crippen LogP) is 2.89. The van der Waals surface area contributed by atoms with E-state index in [-0.39, 0.29) is 10.6 Å². The monoisotopic (exact) mass is 297 g/mol. The molecule has 1 fully saturated rings. The van der Waals surface area contributed by atoms with E-state index in [1.54, 1.807) is 0 Å². The van der Waals surface area contributed by atoms with E-state index < -0.39 is 10.0 Å². The Morgan fingerprint density at radius 3 is 2.45 bits per heavy atom. The van der Waals surface area contributed by atoms with Crippen molar-refractivity contribution in [2.24, 2.45) is 11.8 Å². The third-order valence-corrected chi connectivity index (χ3v) is 5.65. The first-order valence-electron chi connectivity index (χ1n) is 7.30. The summed E-state index contributed by atoms with van der Waals surface area (Å²) in [5.74, 6) is 1.22. The van der Waals surface area contributed by atoms with Gasteiger partial charge in [-0.25, -0.2) is 13.1 Å². The normalized spacial score (nSPS) is 23.6. The van der Waals surface area contributed by atoms with E-state index >= 15 is 0 Å². The van der Waals surface area contributed by atoms with Gasteiger partial charge in [-0.05, 0) is 42.9 Å². The van der Waals surface area contributed by atoms with Gasteiger partial charge < -0.3 is 5.11 Å². The first-order valence-corrected chi connectivity index (χ1v) is 8.78. The van der Waals surface area contributed by atoms with Crippen LogP contribution in [-0.2, 0) is 10.0 Å². The Labute approximate surface area is 121 Å². The minimum atomic E-state index is -3.51. The largest absolute Gasteiger partial charge is 0.508 e. The average Bonchev–Trinajstić information content (AvgIpc) is 2.46. The van der Waals surface area contributed by atoms with E-state index in [0.29, 0.717) is 12.5 Å². The Kier molecular flexibility index (Phi) is 5.05. The summed E-state index contributed by atoms with van der Waals surface area (Å²) in [5.41, 5.74) is 0. The summed E-state index contributed by atoms with van der Waals surface area (Å²) in [7, 11) is -3.51. The van der Waals surface area contributed by atoms with Crippen molar-refractivity contribution in [2.75, 3.05) is 6.54 Å². The van der Waals surface area contributed by atoms with Crippen LogP contribution in [0.25, 0.3) is 0 Å². The van der Waals surface area contributed by atoms with Crippen LogP contribution in [0.5, 0.6) is 5.75 Å². The first-order chi connectivity index (χ1) is 9.51. The molecule has 0 unspecified atom stereocenters. The highest BCUT2D eigenvalue weighted by molar-refractivity contribution is 7.89. The number of phenols is 1. The Hall–Kier alpha value is -1.07. The van der Waals surface area contributed by atoms with Gasteiger partial charge in [-0.2, -0.15) is 0 Å². The van der Waals surface area contributed by atoms with Crippen LogP contribution in [0.3, 0.4) is 0 Å². The van der Waals surface area contributed by atoms with Crippen molar-refractivity contribution in [2.45, 2.75) is 43.9 Å². The highest BCUT2D eigenvalue weighted by Crippen LogP contribution is 2.30. The van der Waals surface area contributed by atoms with Gasteiger partial charge in [-0.1, -0.05) is 32.3 Å². The van der Waals surface area contributed by atoms with Crippen LogP contribution >= 0.6 is 0 Å². The highest BCUT2D eigenvalue weighted by atomic mass is 32.2. The molecule has 1 aliphatic rings.